The van der Waals surface area contributed by atoms with Gasteiger partial charge in [-0.3, -0.25) is 4.90 Å². The number of nitrogens with zero attached hydrogens (tertiary/aromatic N) is 4. The van der Waals surface area contributed by atoms with Gasteiger partial charge in [0.25, 0.3) is 0 Å². The first kappa shape index (κ1) is 17.4. The maximum Gasteiger partial charge on any atom is 0.128 e. The number of rotatable bonds is 8. The summed E-state index contributed by atoms with van der Waals surface area (Å²) in [5.41, 5.74) is 1.25. The summed E-state index contributed by atoms with van der Waals surface area (Å²) in [4.78, 5) is 14.1. The lowest BCUT2D eigenvalue weighted by Gasteiger charge is -2.35. The summed E-state index contributed by atoms with van der Waals surface area (Å²) >= 11 is 0. The Balaban J connectivity index is 1.84. The van der Waals surface area contributed by atoms with Gasteiger partial charge in [0.05, 0.1) is 0 Å². The summed E-state index contributed by atoms with van der Waals surface area (Å²) in [5, 5.41) is 0. The molecule has 4 heteroatoms. The molecular formula is C18H32N4. The number of aryl methyl sites for hydroxylation is 1. The summed E-state index contributed by atoms with van der Waals surface area (Å²) in [7, 11) is 0. The molecule has 2 heterocycles. The largest absolute Gasteiger partial charge is 0.304 e. The zero-order valence-corrected chi connectivity index (χ0v) is 14.6. The molecule has 1 atom stereocenters. The maximum atomic E-state index is 4.48. The van der Waals surface area contributed by atoms with E-state index in [-0.39, 0.29) is 0 Å². The Bertz CT molecular complexity index is 414. The summed E-state index contributed by atoms with van der Waals surface area (Å²) < 4.78 is 0. The van der Waals surface area contributed by atoms with Crippen molar-refractivity contribution in [1.29, 1.82) is 0 Å². The van der Waals surface area contributed by atoms with Crippen molar-refractivity contribution in [1.82, 2.24) is 19.8 Å². The highest BCUT2D eigenvalue weighted by atomic mass is 15.2. The molecule has 22 heavy (non-hydrogen) atoms. The third-order valence-electron chi connectivity index (χ3n) is 4.65. The van der Waals surface area contributed by atoms with Gasteiger partial charge in [-0.05, 0) is 44.8 Å². The summed E-state index contributed by atoms with van der Waals surface area (Å²) in [6, 6.07) is 0. The van der Waals surface area contributed by atoms with Crippen LogP contribution in [0.15, 0.2) is 12.4 Å². The molecule has 0 radical (unpaired) electrons. The second-order valence-corrected chi connectivity index (χ2v) is 6.49. The minimum atomic E-state index is 0.814. The highest BCUT2D eigenvalue weighted by molar-refractivity contribution is 5.05. The van der Waals surface area contributed by atoms with E-state index in [1.807, 2.05) is 12.4 Å². The lowest BCUT2D eigenvalue weighted by Crippen LogP contribution is -2.40. The topological polar surface area (TPSA) is 32.3 Å². The van der Waals surface area contributed by atoms with E-state index < -0.39 is 0 Å². The van der Waals surface area contributed by atoms with E-state index in [0.717, 1.165) is 31.1 Å². The monoisotopic (exact) mass is 304 g/mol. The molecule has 1 aromatic heterocycles. The molecule has 0 spiro atoms. The Hall–Kier alpha value is -1.00. The van der Waals surface area contributed by atoms with Crippen LogP contribution in [0.25, 0.3) is 0 Å². The van der Waals surface area contributed by atoms with E-state index >= 15 is 0 Å². The molecule has 0 aliphatic carbocycles. The van der Waals surface area contributed by atoms with Crippen LogP contribution in [0.2, 0.25) is 0 Å². The molecule has 1 aliphatic heterocycles. The molecule has 1 saturated heterocycles. The fourth-order valence-corrected chi connectivity index (χ4v) is 3.36. The number of aromatic nitrogens is 2. The van der Waals surface area contributed by atoms with Crippen molar-refractivity contribution >= 4 is 0 Å². The van der Waals surface area contributed by atoms with Crippen LogP contribution < -0.4 is 0 Å². The molecule has 1 fully saturated rings. The van der Waals surface area contributed by atoms with Crippen LogP contribution in [-0.4, -0.2) is 52.5 Å². The molecular weight excluding hydrogens is 272 g/mol. The van der Waals surface area contributed by atoms with E-state index in [1.54, 1.807) is 0 Å². The van der Waals surface area contributed by atoms with Gasteiger partial charge < -0.3 is 4.90 Å². The Labute approximate surface area is 135 Å². The molecule has 2 rings (SSSR count). The van der Waals surface area contributed by atoms with Crippen molar-refractivity contribution in [3.63, 3.8) is 0 Å². The smallest absolute Gasteiger partial charge is 0.128 e. The molecule has 4 nitrogen and oxygen atoms in total. The van der Waals surface area contributed by atoms with Crippen LogP contribution in [0, 0.1) is 5.92 Å². The van der Waals surface area contributed by atoms with Gasteiger partial charge in [-0.15, -0.1) is 0 Å². The third-order valence-corrected chi connectivity index (χ3v) is 4.65. The van der Waals surface area contributed by atoms with Gasteiger partial charge >= 0.3 is 0 Å². The second kappa shape index (κ2) is 9.21. The molecule has 124 valence electrons. The van der Waals surface area contributed by atoms with Crippen LogP contribution in [-0.2, 0) is 13.0 Å². The highest BCUT2D eigenvalue weighted by Crippen LogP contribution is 2.19. The number of piperidine rings is 1. The van der Waals surface area contributed by atoms with Gasteiger partial charge in [-0.2, -0.15) is 0 Å². The standard InChI is InChI=1S/C18H32N4/c1-4-8-18-19-11-17(12-20-18)15-22-10-7-9-16(14-22)13-21(5-2)6-3/h11-12,16H,4-10,13-15H2,1-3H3. The van der Waals surface area contributed by atoms with E-state index in [2.05, 4.69) is 40.5 Å². The maximum absolute atomic E-state index is 4.48. The van der Waals surface area contributed by atoms with E-state index in [0.29, 0.717) is 0 Å². The van der Waals surface area contributed by atoms with Crippen LogP contribution in [0.4, 0.5) is 0 Å². The van der Waals surface area contributed by atoms with Gasteiger partial charge in [0, 0.05) is 44.0 Å². The Morgan fingerprint density at radius 3 is 2.55 bits per heavy atom. The lowest BCUT2D eigenvalue weighted by atomic mass is 9.97. The molecule has 0 saturated carbocycles. The van der Waals surface area contributed by atoms with Crippen LogP contribution in [0.3, 0.4) is 0 Å². The van der Waals surface area contributed by atoms with Crippen molar-refractivity contribution in [3.8, 4) is 0 Å². The minimum absolute atomic E-state index is 0.814. The Morgan fingerprint density at radius 2 is 1.91 bits per heavy atom. The first-order valence-corrected chi connectivity index (χ1v) is 8.99. The average Bonchev–Trinajstić information content (AvgIpc) is 2.55. The van der Waals surface area contributed by atoms with Crippen molar-refractivity contribution in [2.75, 3.05) is 32.7 Å². The van der Waals surface area contributed by atoms with Gasteiger partial charge in [-0.25, -0.2) is 9.97 Å². The number of hydrogen-bond donors (Lipinski definition) is 0. The zero-order chi connectivity index (χ0) is 15.8. The van der Waals surface area contributed by atoms with Gasteiger partial charge in [0.2, 0.25) is 0 Å². The Morgan fingerprint density at radius 1 is 1.18 bits per heavy atom. The summed E-state index contributed by atoms with van der Waals surface area (Å²) in [6.07, 6.45) is 8.83. The van der Waals surface area contributed by atoms with E-state index in [4.69, 9.17) is 0 Å². The fourth-order valence-electron chi connectivity index (χ4n) is 3.36. The van der Waals surface area contributed by atoms with Gasteiger partial charge in [0.15, 0.2) is 0 Å². The SMILES string of the molecule is CCCc1ncc(CN2CCCC(CN(CC)CC)C2)cn1. The second-order valence-electron chi connectivity index (χ2n) is 6.49. The Kier molecular flexibility index (Phi) is 7.26. The molecule has 1 aromatic rings. The van der Waals surface area contributed by atoms with Crippen molar-refractivity contribution in [2.24, 2.45) is 5.92 Å². The molecule has 0 N–H and O–H groups in total. The predicted octanol–water partition coefficient (Wildman–Crippen LogP) is 2.98. The first-order chi connectivity index (χ1) is 10.7. The van der Waals surface area contributed by atoms with Crippen molar-refractivity contribution in [2.45, 2.75) is 53.0 Å². The highest BCUT2D eigenvalue weighted by Gasteiger charge is 2.21. The zero-order valence-electron chi connectivity index (χ0n) is 14.6. The van der Waals surface area contributed by atoms with Crippen LogP contribution in [0.1, 0.15) is 51.4 Å². The molecule has 0 bridgehead atoms. The van der Waals surface area contributed by atoms with Crippen LogP contribution in [0.5, 0.6) is 0 Å². The van der Waals surface area contributed by atoms with Gasteiger partial charge in [-0.1, -0.05) is 20.8 Å². The molecule has 0 amide bonds. The van der Waals surface area contributed by atoms with Gasteiger partial charge in [0.1, 0.15) is 5.82 Å². The lowest BCUT2D eigenvalue weighted by molar-refractivity contribution is 0.132. The summed E-state index contributed by atoms with van der Waals surface area (Å²) in [5.74, 6) is 1.79. The number of likely N-dealkylation sites (tertiary alicyclic amines) is 1. The third kappa shape index (κ3) is 5.33. The number of hydrogen-bond acceptors (Lipinski definition) is 4. The summed E-state index contributed by atoms with van der Waals surface area (Å²) in [6.45, 7) is 13.7. The predicted molar refractivity (Wildman–Crippen MR) is 91.8 cm³/mol. The van der Waals surface area contributed by atoms with E-state index in [9.17, 15) is 0 Å². The molecule has 1 unspecified atom stereocenters. The minimum Gasteiger partial charge on any atom is -0.304 e. The fraction of sp³-hybridized carbons (Fsp3) is 0.778. The molecule has 1 aliphatic rings. The quantitative estimate of drug-likeness (QED) is 0.739. The average molecular weight is 304 g/mol. The van der Waals surface area contributed by atoms with Crippen molar-refractivity contribution in [3.05, 3.63) is 23.8 Å². The first-order valence-electron chi connectivity index (χ1n) is 8.99. The molecule has 0 aromatic carbocycles. The van der Waals surface area contributed by atoms with Crippen molar-refractivity contribution < 1.29 is 0 Å². The van der Waals surface area contributed by atoms with Crippen LogP contribution >= 0.6 is 0 Å². The van der Waals surface area contributed by atoms with E-state index in [1.165, 1.54) is 51.1 Å². The normalized spacial score (nSPS) is 19.7.